The second-order valence-corrected chi connectivity index (χ2v) is 8.78. The largest absolute Gasteiger partial charge is 0.392 e. The van der Waals surface area contributed by atoms with Crippen LogP contribution in [-0.2, 0) is 12.0 Å². The highest BCUT2D eigenvalue weighted by Crippen LogP contribution is 2.28. The van der Waals surface area contributed by atoms with Gasteiger partial charge in [0.25, 0.3) is 0 Å². The van der Waals surface area contributed by atoms with E-state index in [1.54, 1.807) is 11.3 Å². The van der Waals surface area contributed by atoms with Crippen LogP contribution in [0.4, 0.5) is 0 Å². The molecule has 2 N–H and O–H groups in total. The van der Waals surface area contributed by atoms with Gasteiger partial charge in [0.2, 0.25) is 0 Å². The van der Waals surface area contributed by atoms with E-state index in [0.29, 0.717) is 0 Å². The lowest BCUT2D eigenvalue weighted by molar-refractivity contribution is 0.0135. The normalized spacial score (nSPS) is 14.8. The summed E-state index contributed by atoms with van der Waals surface area (Å²) in [6, 6.07) is 0. The number of rotatable bonds is 6. The summed E-state index contributed by atoms with van der Waals surface area (Å²) in [4.78, 5) is 5.75. The molecule has 0 radical (unpaired) electrons. The molecule has 0 bridgehead atoms. The minimum Gasteiger partial charge on any atom is -0.392 e. The molecule has 0 aliphatic heterocycles. The summed E-state index contributed by atoms with van der Waals surface area (Å²) in [5.74, 6) is 0.280. The lowest BCUT2D eigenvalue weighted by atomic mass is 9.81. The van der Waals surface area contributed by atoms with Gasteiger partial charge in [0.1, 0.15) is 0 Å². The fourth-order valence-electron chi connectivity index (χ4n) is 2.25. The number of hydrogen-bond acceptors (Lipinski definition) is 4. The number of aromatic nitrogens is 1. The molecule has 0 aliphatic carbocycles. The van der Waals surface area contributed by atoms with Gasteiger partial charge < -0.3 is 10.4 Å². The average molecular weight is 298 g/mol. The molecule has 20 heavy (non-hydrogen) atoms. The van der Waals surface area contributed by atoms with Gasteiger partial charge in [0.05, 0.1) is 11.1 Å². The molecular weight excluding hydrogens is 268 g/mol. The fraction of sp³-hybridized carbons (Fsp3) is 0.812. The van der Waals surface area contributed by atoms with E-state index in [1.807, 2.05) is 6.20 Å². The Morgan fingerprint density at radius 3 is 2.30 bits per heavy atom. The van der Waals surface area contributed by atoms with Gasteiger partial charge in [-0.15, -0.1) is 11.3 Å². The monoisotopic (exact) mass is 298 g/mol. The van der Waals surface area contributed by atoms with Crippen molar-refractivity contribution >= 4 is 11.3 Å². The summed E-state index contributed by atoms with van der Waals surface area (Å²) in [6.45, 7) is 16.5. The van der Waals surface area contributed by atoms with Crippen molar-refractivity contribution in [3.63, 3.8) is 0 Å². The number of aliphatic hydroxyl groups excluding tert-OH is 1. The summed E-state index contributed by atoms with van der Waals surface area (Å²) in [6.07, 6.45) is 1.67. The average Bonchev–Trinajstić information content (AvgIpc) is 2.76. The van der Waals surface area contributed by atoms with Gasteiger partial charge in [0, 0.05) is 35.0 Å². The molecule has 0 saturated heterocycles. The van der Waals surface area contributed by atoms with Gasteiger partial charge in [0.15, 0.2) is 0 Å². The predicted octanol–water partition coefficient (Wildman–Crippen LogP) is 3.57. The van der Waals surface area contributed by atoms with Gasteiger partial charge in [-0.05, 0) is 5.92 Å². The standard InChI is InChI=1S/C16H30N2OS/c1-11(2)13(19)16(6,7)10-17-8-12-9-18-14(20-12)15(3,4)5/h9,11,13,17,19H,8,10H2,1-7H3. The van der Waals surface area contributed by atoms with Gasteiger partial charge in [-0.25, -0.2) is 4.98 Å². The molecule has 0 aromatic carbocycles. The zero-order valence-electron chi connectivity index (χ0n) is 13.9. The van der Waals surface area contributed by atoms with Crippen LogP contribution < -0.4 is 5.32 Å². The molecule has 0 amide bonds. The molecule has 0 fully saturated rings. The van der Waals surface area contributed by atoms with Crippen molar-refractivity contribution < 1.29 is 5.11 Å². The maximum atomic E-state index is 10.2. The number of hydrogen-bond donors (Lipinski definition) is 2. The highest BCUT2D eigenvalue weighted by molar-refractivity contribution is 7.11. The maximum Gasteiger partial charge on any atom is 0.0981 e. The summed E-state index contributed by atoms with van der Waals surface area (Å²) in [7, 11) is 0. The minimum atomic E-state index is -0.290. The molecule has 3 nitrogen and oxygen atoms in total. The minimum absolute atomic E-state index is 0.119. The molecule has 1 aromatic heterocycles. The molecule has 0 spiro atoms. The Hall–Kier alpha value is -0.450. The SMILES string of the molecule is CC(C)C(O)C(C)(C)CNCc1cnc(C(C)(C)C)s1. The lowest BCUT2D eigenvalue weighted by Crippen LogP contribution is -2.41. The summed E-state index contributed by atoms with van der Waals surface area (Å²) in [5.41, 5.74) is 0.00172. The van der Waals surface area contributed by atoms with Crippen molar-refractivity contribution in [3.05, 3.63) is 16.1 Å². The van der Waals surface area contributed by atoms with Crippen molar-refractivity contribution in [1.29, 1.82) is 0 Å². The van der Waals surface area contributed by atoms with Crippen LogP contribution in [0.25, 0.3) is 0 Å². The first-order chi connectivity index (χ1) is 9.04. The van der Waals surface area contributed by atoms with E-state index >= 15 is 0 Å². The fourth-order valence-corrected chi connectivity index (χ4v) is 3.19. The van der Waals surface area contributed by atoms with E-state index < -0.39 is 0 Å². The van der Waals surface area contributed by atoms with Crippen molar-refractivity contribution in [1.82, 2.24) is 10.3 Å². The molecule has 1 atom stereocenters. The van der Waals surface area contributed by atoms with E-state index in [1.165, 1.54) is 9.88 Å². The van der Waals surface area contributed by atoms with Crippen molar-refractivity contribution in [2.75, 3.05) is 6.54 Å². The zero-order chi connectivity index (χ0) is 15.6. The van der Waals surface area contributed by atoms with Crippen LogP contribution in [0.15, 0.2) is 6.20 Å². The molecule has 1 unspecified atom stereocenters. The quantitative estimate of drug-likeness (QED) is 0.844. The first-order valence-electron chi connectivity index (χ1n) is 7.38. The van der Waals surface area contributed by atoms with Gasteiger partial charge in [-0.3, -0.25) is 0 Å². The van der Waals surface area contributed by atoms with E-state index in [0.717, 1.165) is 13.1 Å². The summed E-state index contributed by atoms with van der Waals surface area (Å²) >= 11 is 1.77. The second-order valence-electron chi connectivity index (χ2n) is 7.66. The first kappa shape index (κ1) is 17.6. The smallest absolute Gasteiger partial charge is 0.0981 e. The van der Waals surface area contributed by atoms with Crippen molar-refractivity contribution in [2.45, 2.75) is 66.5 Å². The Kier molecular flexibility index (Phi) is 5.76. The number of thiazole rings is 1. The number of nitrogens with zero attached hydrogens (tertiary/aromatic N) is 1. The third-order valence-electron chi connectivity index (χ3n) is 3.51. The van der Waals surface area contributed by atoms with E-state index in [9.17, 15) is 5.11 Å². The third kappa shape index (κ3) is 4.83. The first-order valence-corrected chi connectivity index (χ1v) is 8.19. The zero-order valence-corrected chi connectivity index (χ0v) is 14.8. The van der Waals surface area contributed by atoms with E-state index in [2.05, 4.69) is 58.8 Å². The molecule has 116 valence electrons. The molecule has 1 rings (SSSR count). The molecule has 4 heteroatoms. The van der Waals surface area contributed by atoms with Crippen LogP contribution in [0, 0.1) is 11.3 Å². The van der Waals surface area contributed by atoms with Gasteiger partial charge in [-0.1, -0.05) is 48.5 Å². The molecule has 1 heterocycles. The van der Waals surface area contributed by atoms with Gasteiger partial charge >= 0.3 is 0 Å². The molecular formula is C16H30N2OS. The highest BCUT2D eigenvalue weighted by atomic mass is 32.1. The van der Waals surface area contributed by atoms with Crippen LogP contribution in [0.3, 0.4) is 0 Å². The Morgan fingerprint density at radius 1 is 1.25 bits per heavy atom. The Labute approximate surface area is 127 Å². The van der Waals surface area contributed by atoms with Crippen LogP contribution in [0.5, 0.6) is 0 Å². The van der Waals surface area contributed by atoms with Crippen LogP contribution in [0.2, 0.25) is 0 Å². The third-order valence-corrected chi connectivity index (χ3v) is 4.93. The van der Waals surface area contributed by atoms with E-state index in [4.69, 9.17) is 0 Å². The lowest BCUT2D eigenvalue weighted by Gasteiger charge is -2.33. The van der Waals surface area contributed by atoms with Crippen LogP contribution >= 0.6 is 11.3 Å². The maximum absolute atomic E-state index is 10.2. The Bertz CT molecular complexity index is 418. The molecule has 0 saturated carbocycles. The Morgan fingerprint density at radius 2 is 1.85 bits per heavy atom. The molecule has 0 aliphatic rings. The summed E-state index contributed by atoms with van der Waals surface area (Å²) < 4.78 is 0. The second kappa shape index (κ2) is 6.54. The van der Waals surface area contributed by atoms with Crippen LogP contribution in [-0.4, -0.2) is 22.7 Å². The predicted molar refractivity (Wildman–Crippen MR) is 87.1 cm³/mol. The Balaban J connectivity index is 2.51. The van der Waals surface area contributed by atoms with Crippen molar-refractivity contribution in [2.24, 2.45) is 11.3 Å². The van der Waals surface area contributed by atoms with Gasteiger partial charge in [-0.2, -0.15) is 0 Å². The summed E-state index contributed by atoms with van der Waals surface area (Å²) in [5, 5.41) is 14.8. The number of nitrogens with one attached hydrogen (secondary N) is 1. The topological polar surface area (TPSA) is 45.1 Å². The number of aliphatic hydroxyl groups is 1. The van der Waals surface area contributed by atoms with Crippen molar-refractivity contribution in [3.8, 4) is 0 Å². The van der Waals surface area contributed by atoms with E-state index in [-0.39, 0.29) is 22.9 Å². The molecule has 1 aromatic rings. The van der Waals surface area contributed by atoms with Crippen LogP contribution in [0.1, 0.15) is 58.4 Å². The highest BCUT2D eigenvalue weighted by Gasteiger charge is 2.29.